The Labute approximate surface area is 56.4 Å². The minimum absolute atomic E-state index is 0.436. The molecule has 1 N–H and O–H groups in total. The fourth-order valence-electron chi connectivity index (χ4n) is 1.51. The molecule has 0 aromatic carbocycles. The number of aliphatic hydroxyl groups is 1. The molecule has 0 bridgehead atoms. The molecule has 1 nitrogen and oxygen atoms in total. The van der Waals surface area contributed by atoms with Crippen LogP contribution in [0.25, 0.3) is 0 Å². The predicted molar refractivity (Wildman–Crippen MR) is 38.2 cm³/mol. The average molecular weight is 126 g/mol. The van der Waals surface area contributed by atoms with Gasteiger partial charge in [0.25, 0.3) is 0 Å². The van der Waals surface area contributed by atoms with Crippen LogP contribution in [0.4, 0.5) is 0 Å². The van der Waals surface area contributed by atoms with Crippen molar-refractivity contribution in [1.82, 2.24) is 0 Å². The van der Waals surface area contributed by atoms with Crippen molar-refractivity contribution in [2.45, 2.75) is 39.2 Å². The maximum absolute atomic E-state index is 9.49. The maximum atomic E-state index is 9.49. The summed E-state index contributed by atoms with van der Waals surface area (Å²) in [5.41, 5.74) is 2.29. The average Bonchev–Trinajstić information content (AvgIpc) is 1.79. The first-order chi connectivity index (χ1) is 4.01. The minimum atomic E-state index is -0.436. The summed E-state index contributed by atoms with van der Waals surface area (Å²) in [6.45, 7) is 6.08. The summed E-state index contributed by atoms with van der Waals surface area (Å²) < 4.78 is 0. The van der Waals surface area contributed by atoms with Crippen LogP contribution in [0.3, 0.4) is 0 Å². The summed E-state index contributed by atoms with van der Waals surface area (Å²) in [4.78, 5) is 0. The lowest BCUT2D eigenvalue weighted by Gasteiger charge is -2.14. The van der Waals surface area contributed by atoms with Crippen molar-refractivity contribution in [1.29, 1.82) is 0 Å². The Balaban J connectivity index is 2.70. The first kappa shape index (κ1) is 6.81. The zero-order valence-electron chi connectivity index (χ0n) is 6.36. The molecule has 0 unspecified atom stereocenters. The Hall–Kier alpha value is -0.300. The Kier molecular flexibility index (Phi) is 1.39. The molecule has 1 heteroatoms. The molecule has 0 saturated carbocycles. The van der Waals surface area contributed by atoms with Crippen molar-refractivity contribution in [2.24, 2.45) is 0 Å². The summed E-state index contributed by atoms with van der Waals surface area (Å²) >= 11 is 0. The van der Waals surface area contributed by atoms with Crippen molar-refractivity contribution in [2.75, 3.05) is 0 Å². The highest BCUT2D eigenvalue weighted by molar-refractivity contribution is 5.21. The topological polar surface area (TPSA) is 20.2 Å². The van der Waals surface area contributed by atoms with E-state index in [1.807, 2.05) is 6.92 Å². The van der Waals surface area contributed by atoms with Gasteiger partial charge >= 0.3 is 0 Å². The lowest BCUT2D eigenvalue weighted by Crippen LogP contribution is -2.19. The maximum Gasteiger partial charge on any atom is 0.0693 e. The van der Waals surface area contributed by atoms with Crippen molar-refractivity contribution < 1.29 is 5.11 Å². The van der Waals surface area contributed by atoms with Crippen LogP contribution in [0, 0.1) is 0 Å². The Morgan fingerprint density at radius 1 is 1.22 bits per heavy atom. The van der Waals surface area contributed by atoms with E-state index in [-0.39, 0.29) is 0 Å². The van der Waals surface area contributed by atoms with E-state index in [0.717, 1.165) is 12.8 Å². The first-order valence-corrected chi connectivity index (χ1v) is 3.39. The van der Waals surface area contributed by atoms with Gasteiger partial charge in [-0.2, -0.15) is 0 Å². The van der Waals surface area contributed by atoms with Gasteiger partial charge in [-0.15, -0.1) is 0 Å². The highest BCUT2D eigenvalue weighted by Gasteiger charge is 2.27. The smallest absolute Gasteiger partial charge is 0.0693 e. The standard InChI is InChI=1S/C8H14O/c1-6-4-8(3,9)5-7(6)2/h9H,4-5H2,1-3H3. The lowest BCUT2D eigenvalue weighted by atomic mass is 10.0. The molecule has 1 rings (SSSR count). The van der Waals surface area contributed by atoms with E-state index < -0.39 is 5.60 Å². The molecule has 0 atom stereocenters. The van der Waals surface area contributed by atoms with Gasteiger partial charge in [-0.3, -0.25) is 0 Å². The molecule has 1 aliphatic carbocycles. The zero-order valence-corrected chi connectivity index (χ0v) is 6.36. The molecular formula is C8H14O. The Bertz CT molecular complexity index is 138. The molecule has 9 heavy (non-hydrogen) atoms. The molecule has 0 aromatic heterocycles. The summed E-state index contributed by atoms with van der Waals surface area (Å²) in [6, 6.07) is 0. The second-order valence-corrected chi connectivity index (χ2v) is 3.41. The highest BCUT2D eigenvalue weighted by Crippen LogP contribution is 2.33. The molecule has 0 amide bonds. The van der Waals surface area contributed by atoms with Crippen LogP contribution >= 0.6 is 0 Å². The third kappa shape index (κ3) is 1.33. The molecule has 0 saturated heterocycles. The van der Waals surface area contributed by atoms with Gasteiger partial charge in [0.15, 0.2) is 0 Å². The number of hydrogen-bond acceptors (Lipinski definition) is 1. The van der Waals surface area contributed by atoms with Gasteiger partial charge in [-0.1, -0.05) is 11.1 Å². The molecule has 1 aliphatic rings. The Morgan fingerprint density at radius 3 is 1.67 bits per heavy atom. The molecule has 52 valence electrons. The molecule has 0 aromatic rings. The molecule has 0 aliphatic heterocycles. The van der Waals surface area contributed by atoms with E-state index >= 15 is 0 Å². The lowest BCUT2D eigenvalue weighted by molar-refractivity contribution is 0.0713. The molecule has 0 heterocycles. The monoisotopic (exact) mass is 126 g/mol. The van der Waals surface area contributed by atoms with E-state index in [9.17, 15) is 5.11 Å². The predicted octanol–water partition coefficient (Wildman–Crippen LogP) is 1.87. The number of rotatable bonds is 0. The normalized spacial score (nSPS) is 25.3. The van der Waals surface area contributed by atoms with Crippen molar-refractivity contribution in [3.63, 3.8) is 0 Å². The van der Waals surface area contributed by atoms with Crippen LogP contribution in [0.15, 0.2) is 11.1 Å². The minimum Gasteiger partial charge on any atom is -0.390 e. The summed E-state index contributed by atoms with van der Waals surface area (Å²) in [5, 5.41) is 9.49. The summed E-state index contributed by atoms with van der Waals surface area (Å²) in [6.07, 6.45) is 1.72. The molecule has 0 radical (unpaired) electrons. The fourth-order valence-corrected chi connectivity index (χ4v) is 1.51. The van der Waals surface area contributed by atoms with Crippen LogP contribution in [0.2, 0.25) is 0 Å². The second kappa shape index (κ2) is 1.84. The van der Waals surface area contributed by atoms with Gasteiger partial charge in [0.05, 0.1) is 5.60 Å². The summed E-state index contributed by atoms with van der Waals surface area (Å²) in [7, 11) is 0. The third-order valence-corrected chi connectivity index (χ3v) is 2.02. The van der Waals surface area contributed by atoms with Crippen LogP contribution < -0.4 is 0 Å². The van der Waals surface area contributed by atoms with Gasteiger partial charge in [0, 0.05) is 0 Å². The van der Waals surface area contributed by atoms with Gasteiger partial charge in [-0.05, 0) is 33.6 Å². The third-order valence-electron chi connectivity index (χ3n) is 2.02. The van der Waals surface area contributed by atoms with E-state index in [4.69, 9.17) is 0 Å². The quantitative estimate of drug-likeness (QED) is 0.491. The SMILES string of the molecule is CC1=C(C)CC(C)(O)C1. The zero-order chi connectivity index (χ0) is 7.07. The van der Waals surface area contributed by atoms with Gasteiger partial charge < -0.3 is 5.11 Å². The van der Waals surface area contributed by atoms with Crippen molar-refractivity contribution >= 4 is 0 Å². The second-order valence-electron chi connectivity index (χ2n) is 3.41. The fraction of sp³-hybridized carbons (Fsp3) is 0.750. The largest absolute Gasteiger partial charge is 0.390 e. The van der Waals surface area contributed by atoms with Crippen molar-refractivity contribution in [3.8, 4) is 0 Å². The van der Waals surface area contributed by atoms with E-state index in [1.54, 1.807) is 0 Å². The summed E-state index contributed by atoms with van der Waals surface area (Å²) in [5.74, 6) is 0. The van der Waals surface area contributed by atoms with Crippen LogP contribution in [0.1, 0.15) is 33.6 Å². The van der Waals surface area contributed by atoms with E-state index in [0.29, 0.717) is 0 Å². The first-order valence-electron chi connectivity index (χ1n) is 3.39. The van der Waals surface area contributed by atoms with Gasteiger partial charge in [0.2, 0.25) is 0 Å². The Morgan fingerprint density at radius 2 is 1.56 bits per heavy atom. The number of hydrogen-bond donors (Lipinski definition) is 1. The van der Waals surface area contributed by atoms with Crippen LogP contribution in [0.5, 0.6) is 0 Å². The molecular weight excluding hydrogens is 112 g/mol. The van der Waals surface area contributed by atoms with Gasteiger partial charge in [-0.25, -0.2) is 0 Å². The van der Waals surface area contributed by atoms with E-state index in [2.05, 4.69) is 13.8 Å². The van der Waals surface area contributed by atoms with Crippen LogP contribution in [-0.2, 0) is 0 Å². The van der Waals surface area contributed by atoms with Gasteiger partial charge in [0.1, 0.15) is 0 Å². The van der Waals surface area contributed by atoms with E-state index in [1.165, 1.54) is 11.1 Å². The highest BCUT2D eigenvalue weighted by atomic mass is 16.3. The van der Waals surface area contributed by atoms with Crippen molar-refractivity contribution in [3.05, 3.63) is 11.1 Å². The molecule has 0 fully saturated rings. The van der Waals surface area contributed by atoms with Crippen LogP contribution in [-0.4, -0.2) is 10.7 Å². The molecule has 0 spiro atoms.